The van der Waals surface area contributed by atoms with E-state index in [2.05, 4.69) is 37.3 Å². The predicted molar refractivity (Wildman–Crippen MR) is 116 cm³/mol. The van der Waals surface area contributed by atoms with Gasteiger partial charge in [0.2, 0.25) is 0 Å². The third-order valence-corrected chi connectivity index (χ3v) is 5.72. The van der Waals surface area contributed by atoms with Gasteiger partial charge in [-0.2, -0.15) is 0 Å². The summed E-state index contributed by atoms with van der Waals surface area (Å²) in [6, 6.07) is 16.3. The van der Waals surface area contributed by atoms with E-state index in [0.29, 0.717) is 24.4 Å². The maximum Gasteiger partial charge on any atom is 0.263 e. The first-order chi connectivity index (χ1) is 13.6. The molecule has 2 heterocycles. The molecule has 142 valence electrons. The molecule has 0 aliphatic rings. The van der Waals surface area contributed by atoms with Gasteiger partial charge in [0, 0.05) is 23.6 Å². The van der Waals surface area contributed by atoms with Crippen LogP contribution in [0.1, 0.15) is 11.1 Å². The summed E-state index contributed by atoms with van der Waals surface area (Å²) < 4.78 is 6.99. The molecule has 0 radical (unpaired) electrons. The largest absolute Gasteiger partial charge is 0.383 e. The van der Waals surface area contributed by atoms with E-state index in [-0.39, 0.29) is 5.56 Å². The number of fused-ring (bicyclic) bond motifs is 1. The van der Waals surface area contributed by atoms with Crippen molar-refractivity contribution < 1.29 is 4.74 Å². The van der Waals surface area contributed by atoms with Gasteiger partial charge >= 0.3 is 0 Å². The highest BCUT2D eigenvalue weighted by Gasteiger charge is 2.18. The van der Waals surface area contributed by atoms with Crippen LogP contribution in [-0.2, 0) is 11.3 Å². The van der Waals surface area contributed by atoms with Crippen LogP contribution in [0.4, 0.5) is 0 Å². The van der Waals surface area contributed by atoms with Gasteiger partial charge in [-0.05, 0) is 25.5 Å². The van der Waals surface area contributed by atoms with Crippen molar-refractivity contribution in [2.75, 3.05) is 13.7 Å². The van der Waals surface area contributed by atoms with Gasteiger partial charge < -0.3 is 4.74 Å². The zero-order valence-corrected chi connectivity index (χ0v) is 17.0. The zero-order chi connectivity index (χ0) is 19.7. The van der Waals surface area contributed by atoms with Gasteiger partial charge in [0.05, 0.1) is 18.5 Å². The summed E-state index contributed by atoms with van der Waals surface area (Å²) in [4.78, 5) is 19.2. The van der Waals surface area contributed by atoms with Gasteiger partial charge in [0.15, 0.2) is 0 Å². The second-order valence-corrected chi connectivity index (χ2v) is 7.81. The molecule has 2 aromatic carbocycles. The van der Waals surface area contributed by atoms with Crippen LogP contribution in [0, 0.1) is 13.8 Å². The number of ether oxygens (including phenoxy) is 1. The molecule has 5 heteroatoms. The quantitative estimate of drug-likeness (QED) is 0.479. The average molecular weight is 391 g/mol. The molecule has 0 atom stereocenters. The molecule has 28 heavy (non-hydrogen) atoms. The Bertz CT molecular complexity index is 1190. The number of benzene rings is 2. The number of hydrogen-bond acceptors (Lipinski definition) is 4. The van der Waals surface area contributed by atoms with Crippen LogP contribution in [0.3, 0.4) is 0 Å². The molecule has 0 unspecified atom stereocenters. The second-order valence-electron chi connectivity index (χ2n) is 6.95. The van der Waals surface area contributed by atoms with Crippen molar-refractivity contribution in [3.63, 3.8) is 0 Å². The number of methoxy groups -OCH3 is 1. The molecule has 4 nitrogen and oxygen atoms in total. The van der Waals surface area contributed by atoms with Crippen LogP contribution < -0.4 is 5.56 Å². The lowest BCUT2D eigenvalue weighted by Gasteiger charge is -2.13. The van der Waals surface area contributed by atoms with Gasteiger partial charge in [-0.1, -0.05) is 53.6 Å². The lowest BCUT2D eigenvalue weighted by Crippen LogP contribution is -2.25. The highest BCUT2D eigenvalue weighted by molar-refractivity contribution is 7.17. The summed E-state index contributed by atoms with van der Waals surface area (Å²) in [6.07, 6.45) is 0. The van der Waals surface area contributed by atoms with E-state index in [1.807, 2.05) is 30.5 Å². The SMILES string of the molecule is COCCn1c(-c2cccc(C)c2)nc2scc(-c3ccc(C)cc3)c2c1=O. The molecule has 0 fully saturated rings. The highest BCUT2D eigenvalue weighted by Crippen LogP contribution is 2.32. The van der Waals surface area contributed by atoms with Crippen molar-refractivity contribution >= 4 is 21.6 Å². The molecule has 0 saturated carbocycles. The van der Waals surface area contributed by atoms with Crippen molar-refractivity contribution in [1.82, 2.24) is 9.55 Å². The van der Waals surface area contributed by atoms with Crippen LogP contribution in [0.15, 0.2) is 58.7 Å². The molecule has 4 aromatic rings. The summed E-state index contributed by atoms with van der Waals surface area (Å²) in [7, 11) is 1.64. The zero-order valence-electron chi connectivity index (χ0n) is 16.2. The van der Waals surface area contributed by atoms with Crippen molar-refractivity contribution in [1.29, 1.82) is 0 Å². The maximum absolute atomic E-state index is 13.5. The summed E-state index contributed by atoms with van der Waals surface area (Å²) in [5.41, 5.74) is 5.24. The predicted octanol–water partition coefficient (Wildman–Crippen LogP) is 5.06. The molecule has 0 aliphatic carbocycles. The average Bonchev–Trinajstić information content (AvgIpc) is 3.12. The Hall–Kier alpha value is -2.76. The van der Waals surface area contributed by atoms with E-state index in [4.69, 9.17) is 9.72 Å². The summed E-state index contributed by atoms with van der Waals surface area (Å²) in [5.74, 6) is 0.690. The van der Waals surface area contributed by atoms with E-state index in [0.717, 1.165) is 27.1 Å². The monoisotopic (exact) mass is 390 g/mol. The Labute approximate surface area is 168 Å². The number of hydrogen-bond donors (Lipinski definition) is 0. The molecule has 0 spiro atoms. The number of aromatic nitrogens is 2. The van der Waals surface area contributed by atoms with Crippen molar-refractivity contribution in [2.45, 2.75) is 20.4 Å². The van der Waals surface area contributed by atoms with Crippen molar-refractivity contribution in [3.8, 4) is 22.5 Å². The fourth-order valence-electron chi connectivity index (χ4n) is 3.36. The summed E-state index contributed by atoms with van der Waals surface area (Å²) >= 11 is 1.52. The van der Waals surface area contributed by atoms with Gasteiger partial charge in [0.1, 0.15) is 10.7 Å². The Morgan fingerprint density at radius 1 is 1.04 bits per heavy atom. The molecule has 0 aliphatic heterocycles. The molecule has 0 bridgehead atoms. The number of nitrogens with zero attached hydrogens (tertiary/aromatic N) is 2. The molecule has 4 rings (SSSR count). The molecular formula is C23H22N2O2S. The lowest BCUT2D eigenvalue weighted by molar-refractivity contribution is 0.186. The standard InChI is InChI=1S/C23H22N2O2S/c1-15-7-9-17(10-8-15)19-14-28-22-20(19)23(26)25(11-12-27-3)21(24-22)18-6-4-5-16(2)13-18/h4-10,13-14H,11-12H2,1-3H3. The van der Waals surface area contributed by atoms with Crippen LogP contribution in [0.5, 0.6) is 0 Å². The first-order valence-electron chi connectivity index (χ1n) is 9.23. The Balaban J connectivity index is 1.97. The fourth-order valence-corrected chi connectivity index (χ4v) is 4.30. The lowest BCUT2D eigenvalue weighted by atomic mass is 10.0. The van der Waals surface area contributed by atoms with Gasteiger partial charge in [-0.3, -0.25) is 9.36 Å². The minimum Gasteiger partial charge on any atom is -0.383 e. The Morgan fingerprint density at radius 3 is 2.54 bits per heavy atom. The maximum atomic E-state index is 13.5. The second kappa shape index (κ2) is 7.70. The van der Waals surface area contributed by atoms with Gasteiger partial charge in [-0.15, -0.1) is 11.3 Å². The third kappa shape index (κ3) is 3.39. The fraction of sp³-hybridized carbons (Fsp3) is 0.217. The number of rotatable bonds is 5. The highest BCUT2D eigenvalue weighted by atomic mass is 32.1. The van der Waals surface area contributed by atoms with Crippen LogP contribution in [-0.4, -0.2) is 23.3 Å². The molecular weight excluding hydrogens is 368 g/mol. The number of aryl methyl sites for hydroxylation is 2. The molecule has 0 saturated heterocycles. The number of thiophene rings is 1. The summed E-state index contributed by atoms with van der Waals surface area (Å²) in [6.45, 7) is 5.02. The normalized spacial score (nSPS) is 11.2. The summed E-state index contributed by atoms with van der Waals surface area (Å²) in [5, 5.41) is 2.71. The van der Waals surface area contributed by atoms with E-state index in [1.54, 1.807) is 11.7 Å². The van der Waals surface area contributed by atoms with E-state index in [9.17, 15) is 4.79 Å². The molecule has 0 N–H and O–H groups in total. The van der Waals surface area contributed by atoms with Gasteiger partial charge in [0.25, 0.3) is 5.56 Å². The van der Waals surface area contributed by atoms with E-state index >= 15 is 0 Å². The van der Waals surface area contributed by atoms with E-state index < -0.39 is 0 Å². The first kappa shape index (κ1) is 18.6. The first-order valence-corrected chi connectivity index (χ1v) is 10.1. The van der Waals surface area contributed by atoms with Crippen molar-refractivity contribution in [3.05, 3.63) is 75.4 Å². The molecule has 0 amide bonds. The molecule has 2 aromatic heterocycles. The van der Waals surface area contributed by atoms with Crippen LogP contribution in [0.2, 0.25) is 0 Å². The third-order valence-electron chi connectivity index (χ3n) is 4.85. The Morgan fingerprint density at radius 2 is 1.82 bits per heavy atom. The minimum absolute atomic E-state index is 0.0182. The topological polar surface area (TPSA) is 44.1 Å². The van der Waals surface area contributed by atoms with Crippen LogP contribution >= 0.6 is 11.3 Å². The Kier molecular flexibility index (Phi) is 5.11. The van der Waals surface area contributed by atoms with Crippen molar-refractivity contribution in [2.24, 2.45) is 0 Å². The smallest absolute Gasteiger partial charge is 0.263 e. The van der Waals surface area contributed by atoms with Crippen LogP contribution in [0.25, 0.3) is 32.7 Å². The van der Waals surface area contributed by atoms with E-state index in [1.165, 1.54) is 16.9 Å². The minimum atomic E-state index is -0.0182. The van der Waals surface area contributed by atoms with Gasteiger partial charge in [-0.25, -0.2) is 4.98 Å².